The van der Waals surface area contributed by atoms with Gasteiger partial charge in [-0.15, -0.1) is 4.80 Å². The summed E-state index contributed by atoms with van der Waals surface area (Å²) >= 11 is 0. The summed E-state index contributed by atoms with van der Waals surface area (Å²) in [5.74, 6) is 0.349. The highest BCUT2D eigenvalue weighted by molar-refractivity contribution is 5.96. The van der Waals surface area contributed by atoms with Crippen LogP contribution in [0.2, 0.25) is 0 Å². The smallest absolute Gasteiger partial charge is 0.365 e. The van der Waals surface area contributed by atoms with Gasteiger partial charge in [0.15, 0.2) is 5.69 Å². The lowest BCUT2D eigenvalue weighted by molar-refractivity contribution is -0.137. The number of nitrogens with one attached hydrogen (secondary N) is 1. The van der Waals surface area contributed by atoms with Crippen LogP contribution >= 0.6 is 0 Å². The highest BCUT2D eigenvalue weighted by atomic mass is 19.4. The van der Waals surface area contributed by atoms with Crippen LogP contribution in [0.3, 0.4) is 0 Å². The topological polar surface area (TPSA) is 102 Å². The van der Waals surface area contributed by atoms with Gasteiger partial charge >= 0.3 is 6.18 Å². The molecule has 5 heterocycles. The average Bonchev–Trinajstić information content (AvgIpc) is 3.49. The molecule has 0 spiro atoms. The van der Waals surface area contributed by atoms with Crippen molar-refractivity contribution >= 4 is 11.7 Å². The Morgan fingerprint density at radius 2 is 1.91 bits per heavy atom. The molecule has 2 aliphatic rings. The van der Waals surface area contributed by atoms with Gasteiger partial charge in [-0.2, -0.15) is 23.4 Å². The first-order chi connectivity index (χ1) is 15.3. The Hall–Kier alpha value is -3.57. The van der Waals surface area contributed by atoms with Crippen molar-refractivity contribution in [1.82, 2.24) is 34.8 Å². The minimum atomic E-state index is -4.43. The second-order valence-corrected chi connectivity index (χ2v) is 7.93. The molecule has 1 amide bonds. The minimum Gasteiger partial charge on any atom is -0.365 e. The lowest BCUT2D eigenvalue weighted by atomic mass is 9.95. The number of carbonyl (C=O) groups excluding carboxylic acids is 1. The van der Waals surface area contributed by atoms with E-state index in [0.29, 0.717) is 17.9 Å². The number of nitrogens with zero attached hydrogens (tertiary/aromatic N) is 7. The average molecular weight is 444 g/mol. The van der Waals surface area contributed by atoms with E-state index in [2.05, 4.69) is 30.5 Å². The van der Waals surface area contributed by atoms with E-state index in [1.165, 1.54) is 29.5 Å². The maximum absolute atomic E-state index is 13.5. The summed E-state index contributed by atoms with van der Waals surface area (Å²) in [4.78, 5) is 29.2. The Kier molecular flexibility index (Phi) is 4.79. The van der Waals surface area contributed by atoms with Crippen molar-refractivity contribution in [2.75, 3.05) is 5.32 Å². The third kappa shape index (κ3) is 3.55. The van der Waals surface area contributed by atoms with E-state index >= 15 is 0 Å². The summed E-state index contributed by atoms with van der Waals surface area (Å²) in [7, 11) is 0. The molecule has 5 rings (SSSR count). The fraction of sp³-hybridized carbons (Fsp3) is 0.400. The molecule has 2 aliphatic heterocycles. The van der Waals surface area contributed by atoms with Crippen LogP contribution in [0.4, 0.5) is 19.0 Å². The van der Waals surface area contributed by atoms with Gasteiger partial charge in [0.1, 0.15) is 5.82 Å². The van der Waals surface area contributed by atoms with Gasteiger partial charge in [-0.05, 0) is 38.3 Å². The number of aromatic nitrogens is 6. The van der Waals surface area contributed by atoms with Crippen molar-refractivity contribution in [3.8, 4) is 5.82 Å². The van der Waals surface area contributed by atoms with Crippen LogP contribution in [-0.4, -0.2) is 58.9 Å². The zero-order chi connectivity index (χ0) is 22.5. The molecular formula is C20H19F3N8O. The molecule has 2 saturated heterocycles. The molecule has 3 atom stereocenters. The molecule has 3 aromatic rings. The molecule has 3 unspecified atom stereocenters. The number of hydrogen-bond donors (Lipinski definition) is 1. The first kappa shape index (κ1) is 20.3. The van der Waals surface area contributed by atoms with Gasteiger partial charge < -0.3 is 10.2 Å². The lowest BCUT2D eigenvalue weighted by Crippen LogP contribution is -2.41. The van der Waals surface area contributed by atoms with E-state index in [9.17, 15) is 18.0 Å². The normalized spacial score (nSPS) is 22.4. The van der Waals surface area contributed by atoms with Crippen molar-refractivity contribution in [3.05, 3.63) is 53.9 Å². The predicted octanol–water partition coefficient (Wildman–Crippen LogP) is 2.64. The van der Waals surface area contributed by atoms with Crippen LogP contribution in [0.1, 0.15) is 41.0 Å². The zero-order valence-corrected chi connectivity index (χ0v) is 17.0. The molecule has 166 valence electrons. The molecule has 0 saturated carbocycles. The van der Waals surface area contributed by atoms with Crippen LogP contribution in [0.25, 0.3) is 5.82 Å². The third-order valence-corrected chi connectivity index (χ3v) is 5.88. The SMILES string of the molecule is Cc1cnc(C(=O)N2C3CCC2C(Nc2ccc(C(F)(F)F)cn2)C3)c(-n2nccn2)n1. The summed E-state index contributed by atoms with van der Waals surface area (Å²) in [6, 6.07) is 2.07. The number of aryl methyl sites for hydroxylation is 1. The number of halogens is 3. The molecule has 9 nitrogen and oxygen atoms in total. The molecule has 0 radical (unpaired) electrons. The molecule has 2 bridgehead atoms. The van der Waals surface area contributed by atoms with E-state index in [-0.39, 0.29) is 35.5 Å². The summed E-state index contributed by atoms with van der Waals surface area (Å²) in [5.41, 5.74) is -0.00586. The maximum atomic E-state index is 13.5. The van der Waals surface area contributed by atoms with Crippen molar-refractivity contribution in [2.24, 2.45) is 0 Å². The molecule has 0 aromatic carbocycles. The van der Waals surface area contributed by atoms with Gasteiger partial charge in [0, 0.05) is 24.5 Å². The Balaban J connectivity index is 1.37. The Morgan fingerprint density at radius 3 is 2.59 bits per heavy atom. The van der Waals surface area contributed by atoms with E-state index in [1.807, 2.05) is 0 Å². The molecule has 12 heteroatoms. The largest absolute Gasteiger partial charge is 0.417 e. The third-order valence-electron chi connectivity index (χ3n) is 5.88. The van der Waals surface area contributed by atoms with Crippen LogP contribution in [0.15, 0.2) is 36.9 Å². The Labute approximate surface area is 180 Å². The van der Waals surface area contributed by atoms with E-state index in [4.69, 9.17) is 0 Å². The summed E-state index contributed by atoms with van der Waals surface area (Å²) in [5, 5.41) is 11.4. The van der Waals surface area contributed by atoms with Crippen molar-refractivity contribution in [3.63, 3.8) is 0 Å². The summed E-state index contributed by atoms with van der Waals surface area (Å²) in [6.45, 7) is 1.77. The number of alkyl halides is 3. The van der Waals surface area contributed by atoms with Gasteiger partial charge in [0.2, 0.25) is 5.82 Å². The number of carbonyl (C=O) groups is 1. The molecule has 2 fully saturated rings. The van der Waals surface area contributed by atoms with Gasteiger partial charge in [0.25, 0.3) is 5.91 Å². The van der Waals surface area contributed by atoms with Crippen LogP contribution < -0.4 is 5.32 Å². The second kappa shape index (κ2) is 7.53. The fourth-order valence-corrected chi connectivity index (χ4v) is 4.50. The Bertz CT molecular complexity index is 1130. The lowest BCUT2D eigenvalue weighted by Gasteiger charge is -2.25. The monoisotopic (exact) mass is 444 g/mol. The molecular weight excluding hydrogens is 425 g/mol. The van der Waals surface area contributed by atoms with Crippen LogP contribution in [-0.2, 0) is 6.18 Å². The highest BCUT2D eigenvalue weighted by Gasteiger charge is 2.49. The Morgan fingerprint density at radius 1 is 1.12 bits per heavy atom. The van der Waals surface area contributed by atoms with Crippen LogP contribution in [0, 0.1) is 6.92 Å². The molecule has 0 aliphatic carbocycles. The van der Waals surface area contributed by atoms with Crippen molar-refractivity contribution in [2.45, 2.75) is 50.5 Å². The second-order valence-electron chi connectivity index (χ2n) is 7.93. The number of hydrogen-bond acceptors (Lipinski definition) is 7. The number of pyridine rings is 1. The number of amides is 1. The fourth-order valence-electron chi connectivity index (χ4n) is 4.50. The summed E-state index contributed by atoms with van der Waals surface area (Å²) < 4.78 is 38.3. The van der Waals surface area contributed by atoms with Crippen molar-refractivity contribution < 1.29 is 18.0 Å². The van der Waals surface area contributed by atoms with Gasteiger partial charge in [-0.25, -0.2) is 15.0 Å². The molecule has 32 heavy (non-hydrogen) atoms. The quantitative estimate of drug-likeness (QED) is 0.660. The first-order valence-corrected chi connectivity index (χ1v) is 10.1. The number of anilines is 1. The number of fused-ring (bicyclic) bond motifs is 2. The molecule has 1 N–H and O–H groups in total. The zero-order valence-electron chi connectivity index (χ0n) is 17.0. The van der Waals surface area contributed by atoms with E-state index in [1.54, 1.807) is 11.8 Å². The van der Waals surface area contributed by atoms with Crippen LogP contribution in [0.5, 0.6) is 0 Å². The van der Waals surface area contributed by atoms with E-state index < -0.39 is 11.7 Å². The standard InChI is InChI=1S/C20H19F3N8O/c1-11-9-25-17(18(28-11)31-26-6-7-27-31)19(32)30-13-3-4-15(30)14(8-13)29-16-5-2-12(10-24-16)20(21,22)23/h2,5-7,9-10,13-15H,3-4,8H2,1H3,(H,24,29). The van der Waals surface area contributed by atoms with Crippen molar-refractivity contribution in [1.29, 1.82) is 0 Å². The minimum absolute atomic E-state index is 0.000909. The first-order valence-electron chi connectivity index (χ1n) is 10.1. The summed E-state index contributed by atoms with van der Waals surface area (Å²) in [6.07, 6.45) is 3.20. The molecule has 3 aromatic heterocycles. The van der Waals surface area contributed by atoms with Gasteiger partial charge in [-0.3, -0.25) is 4.79 Å². The van der Waals surface area contributed by atoms with Gasteiger partial charge in [-0.1, -0.05) is 0 Å². The number of rotatable bonds is 4. The highest BCUT2D eigenvalue weighted by Crippen LogP contribution is 2.40. The van der Waals surface area contributed by atoms with E-state index in [0.717, 1.165) is 25.1 Å². The maximum Gasteiger partial charge on any atom is 0.417 e. The predicted molar refractivity (Wildman–Crippen MR) is 106 cm³/mol. The van der Waals surface area contributed by atoms with Gasteiger partial charge in [0.05, 0.1) is 29.7 Å².